The Morgan fingerprint density at radius 1 is 1.18 bits per heavy atom. The van der Waals surface area contributed by atoms with Crippen LogP contribution >= 0.6 is 11.6 Å². The zero-order chi connectivity index (χ0) is 16.5. The van der Waals surface area contributed by atoms with Gasteiger partial charge in [-0.25, -0.2) is 0 Å². The normalized spacial score (nSPS) is 22.8. The Balaban J connectivity index is 2.15. The quantitative estimate of drug-likeness (QED) is 0.774. The highest BCUT2D eigenvalue weighted by Gasteiger charge is 2.33. The number of nitrogens with zero attached hydrogens (tertiary/aromatic N) is 2. The molecule has 0 radical (unpaired) electrons. The second kappa shape index (κ2) is 6.36. The summed E-state index contributed by atoms with van der Waals surface area (Å²) < 4.78 is 37.8. The highest BCUT2D eigenvalue weighted by atomic mass is 35.5. The summed E-state index contributed by atoms with van der Waals surface area (Å²) in [6.45, 7) is 4.92. The molecule has 1 heterocycles. The van der Waals surface area contributed by atoms with Crippen LogP contribution in [0, 0.1) is 0 Å². The predicted molar refractivity (Wildman–Crippen MR) is 80.1 cm³/mol. The maximum Gasteiger partial charge on any atom is 0.416 e. The van der Waals surface area contributed by atoms with Gasteiger partial charge in [0, 0.05) is 30.9 Å². The molecule has 122 valence electrons. The molecule has 0 N–H and O–H groups in total. The molecule has 0 saturated carbocycles. The fourth-order valence-corrected chi connectivity index (χ4v) is 2.91. The number of benzene rings is 1. The molecule has 0 spiro atoms. The van der Waals surface area contributed by atoms with Gasteiger partial charge in [0.25, 0.3) is 0 Å². The lowest BCUT2D eigenvalue weighted by molar-refractivity contribution is -0.137. The lowest BCUT2D eigenvalue weighted by Crippen LogP contribution is -2.58. The number of carbonyl (C=O) groups excluding carboxylic acids is 1. The molecule has 1 fully saturated rings. The molecule has 1 amide bonds. The highest BCUT2D eigenvalue weighted by molar-refractivity contribution is 6.27. The van der Waals surface area contributed by atoms with E-state index in [4.69, 9.17) is 11.6 Å². The maximum atomic E-state index is 12.6. The second-order valence-corrected chi connectivity index (χ2v) is 5.84. The second-order valence-electron chi connectivity index (χ2n) is 5.57. The summed E-state index contributed by atoms with van der Waals surface area (Å²) in [5.41, 5.74) is 0.0678. The summed E-state index contributed by atoms with van der Waals surface area (Å²) in [5.74, 6) is -0.176. The van der Waals surface area contributed by atoms with Gasteiger partial charge in [-0.15, -0.1) is 11.6 Å². The van der Waals surface area contributed by atoms with Crippen LogP contribution in [-0.2, 0) is 11.0 Å². The molecular weight excluding hydrogens is 317 g/mol. The third-order valence-electron chi connectivity index (χ3n) is 3.95. The van der Waals surface area contributed by atoms with Gasteiger partial charge < -0.3 is 9.80 Å². The van der Waals surface area contributed by atoms with Crippen LogP contribution in [-0.4, -0.2) is 41.9 Å². The van der Waals surface area contributed by atoms with Gasteiger partial charge in [-0.05, 0) is 38.1 Å². The fraction of sp³-hybridized carbons (Fsp3) is 0.533. The Morgan fingerprint density at radius 2 is 1.77 bits per heavy atom. The van der Waals surface area contributed by atoms with E-state index in [0.29, 0.717) is 13.1 Å². The number of alkyl halides is 4. The number of carbonyl (C=O) groups is 1. The van der Waals surface area contributed by atoms with Crippen molar-refractivity contribution in [3.05, 3.63) is 29.8 Å². The summed E-state index contributed by atoms with van der Waals surface area (Å²) in [6.07, 6.45) is -4.33. The van der Waals surface area contributed by atoms with Crippen LogP contribution in [0.25, 0.3) is 0 Å². The average molecular weight is 335 g/mol. The van der Waals surface area contributed by atoms with Gasteiger partial charge in [0.1, 0.15) is 5.88 Å². The van der Waals surface area contributed by atoms with Crippen molar-refractivity contribution < 1.29 is 18.0 Å². The first-order chi connectivity index (χ1) is 10.2. The third kappa shape index (κ3) is 3.48. The highest BCUT2D eigenvalue weighted by Crippen LogP contribution is 2.31. The van der Waals surface area contributed by atoms with E-state index in [1.807, 2.05) is 18.7 Å². The van der Waals surface area contributed by atoms with Gasteiger partial charge in [-0.3, -0.25) is 4.79 Å². The Kier molecular flexibility index (Phi) is 4.90. The number of hydrogen-bond donors (Lipinski definition) is 0. The molecule has 1 aromatic rings. The average Bonchev–Trinajstić information content (AvgIpc) is 2.47. The number of amides is 1. The molecule has 1 aliphatic heterocycles. The first kappa shape index (κ1) is 16.9. The van der Waals surface area contributed by atoms with Crippen LogP contribution in [0.3, 0.4) is 0 Å². The standard InChI is InChI=1S/C15H18ClF3N2O/c1-10-9-21(14(22)7-16)11(2)8-20(10)13-5-3-12(4-6-13)15(17,18)19/h3-6,10-11H,7-9H2,1-2H3/t10-,11+/m1/s1. The lowest BCUT2D eigenvalue weighted by atomic mass is 10.1. The van der Waals surface area contributed by atoms with Crippen molar-refractivity contribution in [1.82, 2.24) is 4.90 Å². The van der Waals surface area contributed by atoms with Crippen molar-refractivity contribution in [3.8, 4) is 0 Å². The summed E-state index contributed by atoms with van der Waals surface area (Å²) in [4.78, 5) is 15.5. The van der Waals surface area contributed by atoms with Crippen LogP contribution in [0.5, 0.6) is 0 Å². The number of rotatable bonds is 2. The van der Waals surface area contributed by atoms with E-state index in [1.54, 1.807) is 4.90 Å². The van der Waals surface area contributed by atoms with Gasteiger partial charge in [0.2, 0.25) is 5.91 Å². The van der Waals surface area contributed by atoms with Crippen molar-refractivity contribution in [2.45, 2.75) is 32.1 Å². The first-order valence-corrected chi connectivity index (χ1v) is 7.57. The minimum atomic E-state index is -4.33. The van der Waals surface area contributed by atoms with Gasteiger partial charge in [-0.2, -0.15) is 13.2 Å². The molecule has 7 heteroatoms. The van der Waals surface area contributed by atoms with E-state index in [0.717, 1.165) is 17.8 Å². The Morgan fingerprint density at radius 3 is 2.27 bits per heavy atom. The molecule has 1 aromatic carbocycles. The predicted octanol–water partition coefficient (Wildman–Crippen LogP) is 3.37. The van der Waals surface area contributed by atoms with E-state index in [-0.39, 0.29) is 23.9 Å². The van der Waals surface area contributed by atoms with E-state index in [1.165, 1.54) is 12.1 Å². The number of hydrogen-bond acceptors (Lipinski definition) is 2. The smallest absolute Gasteiger partial charge is 0.365 e. The molecule has 0 bridgehead atoms. The Hall–Kier alpha value is -1.43. The summed E-state index contributed by atoms with van der Waals surface area (Å²) in [7, 11) is 0. The Labute approximate surface area is 132 Å². The molecule has 0 unspecified atom stereocenters. The molecule has 2 atom stereocenters. The number of halogens is 4. The molecule has 3 nitrogen and oxygen atoms in total. The summed E-state index contributed by atoms with van der Waals surface area (Å²) in [5, 5.41) is 0. The van der Waals surface area contributed by atoms with E-state index in [2.05, 4.69) is 0 Å². The van der Waals surface area contributed by atoms with Gasteiger partial charge >= 0.3 is 6.18 Å². The fourth-order valence-electron chi connectivity index (χ4n) is 2.75. The number of piperazine rings is 1. The largest absolute Gasteiger partial charge is 0.416 e. The topological polar surface area (TPSA) is 23.6 Å². The molecule has 22 heavy (non-hydrogen) atoms. The van der Waals surface area contributed by atoms with Crippen molar-refractivity contribution in [2.24, 2.45) is 0 Å². The monoisotopic (exact) mass is 334 g/mol. The minimum absolute atomic E-state index is 0.0140. The van der Waals surface area contributed by atoms with E-state index < -0.39 is 11.7 Å². The van der Waals surface area contributed by atoms with Crippen LogP contribution in [0.1, 0.15) is 19.4 Å². The van der Waals surface area contributed by atoms with Crippen LogP contribution < -0.4 is 4.90 Å². The SMILES string of the molecule is C[C@@H]1CN(C(=O)CCl)[C@@H](C)CN1c1ccc(C(F)(F)F)cc1. The molecule has 1 saturated heterocycles. The molecule has 0 aliphatic carbocycles. The van der Waals surface area contributed by atoms with Crippen molar-refractivity contribution >= 4 is 23.2 Å². The zero-order valence-corrected chi connectivity index (χ0v) is 13.2. The molecule has 1 aliphatic rings. The molecule has 2 rings (SSSR count). The van der Waals surface area contributed by atoms with Crippen molar-refractivity contribution in [2.75, 3.05) is 23.9 Å². The van der Waals surface area contributed by atoms with Crippen molar-refractivity contribution in [3.63, 3.8) is 0 Å². The Bertz CT molecular complexity index is 533. The zero-order valence-electron chi connectivity index (χ0n) is 12.4. The molecular formula is C15H18ClF3N2O. The van der Waals surface area contributed by atoms with Gasteiger partial charge in [0.05, 0.1) is 5.56 Å². The summed E-state index contributed by atoms with van der Waals surface area (Å²) in [6, 6.07) is 5.10. The molecule has 0 aromatic heterocycles. The maximum absolute atomic E-state index is 12.6. The third-order valence-corrected chi connectivity index (χ3v) is 4.18. The van der Waals surface area contributed by atoms with Crippen LogP contribution in [0.4, 0.5) is 18.9 Å². The lowest BCUT2D eigenvalue weighted by Gasteiger charge is -2.45. The van der Waals surface area contributed by atoms with Gasteiger partial charge in [-0.1, -0.05) is 0 Å². The number of anilines is 1. The van der Waals surface area contributed by atoms with Crippen molar-refractivity contribution in [1.29, 1.82) is 0 Å². The summed E-state index contributed by atoms with van der Waals surface area (Å²) >= 11 is 5.60. The van der Waals surface area contributed by atoms with E-state index in [9.17, 15) is 18.0 Å². The minimum Gasteiger partial charge on any atom is -0.365 e. The van der Waals surface area contributed by atoms with Gasteiger partial charge in [0.15, 0.2) is 0 Å². The first-order valence-electron chi connectivity index (χ1n) is 7.03. The van der Waals surface area contributed by atoms with E-state index >= 15 is 0 Å². The van der Waals surface area contributed by atoms with Crippen LogP contribution in [0.15, 0.2) is 24.3 Å². The van der Waals surface area contributed by atoms with Crippen LogP contribution in [0.2, 0.25) is 0 Å².